The molecule has 2 aliphatic carbocycles. The maximum atomic E-state index is 12.7. The summed E-state index contributed by atoms with van der Waals surface area (Å²) in [4.78, 5) is 32.0. The van der Waals surface area contributed by atoms with E-state index in [9.17, 15) is 9.59 Å². The van der Waals surface area contributed by atoms with Crippen molar-refractivity contribution in [3.63, 3.8) is 0 Å². The summed E-state index contributed by atoms with van der Waals surface area (Å²) in [7, 11) is 1.92. The number of amides is 2. The maximum Gasteiger partial charge on any atom is 0.252 e. The van der Waals surface area contributed by atoms with Gasteiger partial charge in [0.05, 0.1) is 21.9 Å². The molecule has 1 heterocycles. The van der Waals surface area contributed by atoms with Crippen molar-refractivity contribution < 1.29 is 9.59 Å². The Hall–Kier alpha value is -2.08. The van der Waals surface area contributed by atoms with Gasteiger partial charge < -0.3 is 10.2 Å². The number of pyridine rings is 1. The van der Waals surface area contributed by atoms with Crippen LogP contribution in [0, 0.1) is 5.92 Å². The Morgan fingerprint density at radius 2 is 1.86 bits per heavy atom. The number of thioether (sulfide) groups is 1. The third-order valence-corrected chi connectivity index (χ3v) is 7.02. The van der Waals surface area contributed by atoms with E-state index in [1.54, 1.807) is 0 Å². The van der Waals surface area contributed by atoms with E-state index < -0.39 is 0 Å². The first kappa shape index (κ1) is 20.2. The molecule has 0 bridgehead atoms. The molecule has 29 heavy (non-hydrogen) atoms. The van der Waals surface area contributed by atoms with E-state index in [4.69, 9.17) is 0 Å². The average Bonchev–Trinajstić information content (AvgIpc) is 3.55. The van der Waals surface area contributed by atoms with Gasteiger partial charge >= 0.3 is 0 Å². The zero-order valence-electron chi connectivity index (χ0n) is 17.2. The number of aromatic nitrogens is 1. The van der Waals surface area contributed by atoms with Crippen molar-refractivity contribution in [3.8, 4) is 0 Å². The molecule has 1 N–H and O–H groups in total. The van der Waals surface area contributed by atoms with Crippen molar-refractivity contribution in [1.82, 2.24) is 15.2 Å². The van der Waals surface area contributed by atoms with Crippen LogP contribution < -0.4 is 5.32 Å². The number of hydrogen-bond acceptors (Lipinski definition) is 4. The van der Waals surface area contributed by atoms with E-state index in [0.717, 1.165) is 47.5 Å². The van der Waals surface area contributed by atoms with E-state index in [1.807, 2.05) is 42.3 Å². The molecule has 0 aliphatic heterocycles. The Morgan fingerprint density at radius 3 is 2.59 bits per heavy atom. The van der Waals surface area contributed by atoms with Crippen LogP contribution in [0.4, 0.5) is 0 Å². The molecule has 0 radical (unpaired) electrons. The fourth-order valence-electron chi connectivity index (χ4n) is 3.97. The average molecular weight is 412 g/mol. The van der Waals surface area contributed by atoms with Gasteiger partial charge in [-0.2, -0.15) is 0 Å². The van der Waals surface area contributed by atoms with Crippen molar-refractivity contribution in [2.24, 2.45) is 5.92 Å². The molecular formula is C23H29N3O2S. The normalized spacial score (nSPS) is 21.7. The van der Waals surface area contributed by atoms with Crippen LogP contribution in [0.15, 0.2) is 35.4 Å². The summed E-state index contributed by atoms with van der Waals surface area (Å²) in [5.41, 5.74) is 1.44. The fourth-order valence-corrected chi connectivity index (χ4v) is 4.81. The van der Waals surface area contributed by atoms with Crippen molar-refractivity contribution in [2.75, 3.05) is 12.8 Å². The molecule has 4 rings (SSSR count). The zero-order valence-corrected chi connectivity index (χ0v) is 18.0. The molecule has 0 unspecified atom stereocenters. The SMILES string of the molecule is CC1CCC(N(C)C(=O)CSc2cc(C(=O)NC3CC3)c3ccccc3n2)CC1. The standard InChI is InChI=1S/C23H29N3O2S/c1-15-7-11-17(12-8-15)26(2)22(27)14-29-21-13-19(23(28)24-16-9-10-16)18-5-3-4-6-20(18)25-21/h3-6,13,15-17H,7-12,14H2,1-2H3,(H,24,28). The molecule has 0 atom stereocenters. The highest BCUT2D eigenvalue weighted by atomic mass is 32.2. The summed E-state index contributed by atoms with van der Waals surface area (Å²) in [5, 5.41) is 4.65. The second-order valence-corrected chi connectivity index (χ2v) is 9.48. The van der Waals surface area contributed by atoms with Gasteiger partial charge in [0.1, 0.15) is 0 Å². The number of nitrogens with one attached hydrogen (secondary N) is 1. The van der Waals surface area contributed by atoms with E-state index in [0.29, 0.717) is 23.4 Å². The number of fused-ring (bicyclic) bond motifs is 1. The third kappa shape index (κ3) is 4.92. The number of benzene rings is 1. The highest BCUT2D eigenvalue weighted by molar-refractivity contribution is 7.99. The number of para-hydroxylation sites is 1. The molecular weight excluding hydrogens is 382 g/mol. The third-order valence-electron chi connectivity index (χ3n) is 6.12. The van der Waals surface area contributed by atoms with Gasteiger partial charge in [-0.15, -0.1) is 0 Å². The number of hydrogen-bond donors (Lipinski definition) is 1. The van der Waals surface area contributed by atoms with E-state index >= 15 is 0 Å². The Balaban J connectivity index is 1.46. The second-order valence-electron chi connectivity index (χ2n) is 8.48. The zero-order chi connectivity index (χ0) is 20.4. The number of carbonyl (C=O) groups is 2. The molecule has 0 saturated heterocycles. The van der Waals surface area contributed by atoms with Crippen LogP contribution in [0.25, 0.3) is 10.9 Å². The summed E-state index contributed by atoms with van der Waals surface area (Å²) in [6, 6.07) is 10.2. The Bertz CT molecular complexity index is 904. The van der Waals surface area contributed by atoms with Gasteiger partial charge in [0, 0.05) is 24.5 Å². The molecule has 0 spiro atoms. The predicted molar refractivity (Wildman–Crippen MR) is 117 cm³/mol. The van der Waals surface area contributed by atoms with Gasteiger partial charge in [-0.1, -0.05) is 36.9 Å². The van der Waals surface area contributed by atoms with Crippen molar-refractivity contribution in [1.29, 1.82) is 0 Å². The lowest BCUT2D eigenvalue weighted by Crippen LogP contribution is -2.40. The minimum absolute atomic E-state index is 0.0484. The van der Waals surface area contributed by atoms with Crippen LogP contribution >= 0.6 is 11.8 Å². The van der Waals surface area contributed by atoms with Crippen LogP contribution in [0.3, 0.4) is 0 Å². The Labute approximate surface area is 176 Å². The lowest BCUT2D eigenvalue weighted by Gasteiger charge is -2.33. The van der Waals surface area contributed by atoms with E-state index in [1.165, 1.54) is 24.6 Å². The van der Waals surface area contributed by atoms with E-state index in [-0.39, 0.29) is 11.8 Å². The summed E-state index contributed by atoms with van der Waals surface area (Å²) in [6.07, 6.45) is 6.68. The first-order valence-corrected chi connectivity index (χ1v) is 11.6. The molecule has 2 fully saturated rings. The topological polar surface area (TPSA) is 62.3 Å². The molecule has 6 heteroatoms. The fraction of sp³-hybridized carbons (Fsp3) is 0.522. The Kier molecular flexibility index (Phi) is 6.09. The minimum Gasteiger partial charge on any atom is -0.349 e. The van der Waals surface area contributed by atoms with Gasteiger partial charge in [0.25, 0.3) is 5.91 Å². The largest absolute Gasteiger partial charge is 0.349 e. The van der Waals surface area contributed by atoms with Gasteiger partial charge in [-0.05, 0) is 56.6 Å². The molecule has 2 saturated carbocycles. The van der Waals surface area contributed by atoms with Crippen molar-refractivity contribution in [2.45, 2.75) is 62.6 Å². The van der Waals surface area contributed by atoms with Crippen molar-refractivity contribution in [3.05, 3.63) is 35.9 Å². The highest BCUT2D eigenvalue weighted by Gasteiger charge is 2.26. The molecule has 2 amide bonds. The molecule has 1 aromatic carbocycles. The van der Waals surface area contributed by atoms with Crippen LogP contribution in [0.5, 0.6) is 0 Å². The number of carbonyl (C=O) groups excluding carboxylic acids is 2. The minimum atomic E-state index is -0.0484. The monoisotopic (exact) mass is 411 g/mol. The summed E-state index contributed by atoms with van der Waals surface area (Å²) in [6.45, 7) is 2.29. The van der Waals surface area contributed by atoms with Gasteiger partial charge in [-0.3, -0.25) is 9.59 Å². The Morgan fingerprint density at radius 1 is 1.14 bits per heavy atom. The van der Waals surface area contributed by atoms with Gasteiger partial charge in [0.2, 0.25) is 5.91 Å². The molecule has 1 aromatic heterocycles. The molecule has 2 aliphatic rings. The highest BCUT2D eigenvalue weighted by Crippen LogP contribution is 2.29. The first-order chi connectivity index (χ1) is 14.0. The molecule has 2 aromatic rings. The van der Waals surface area contributed by atoms with Crippen molar-refractivity contribution >= 4 is 34.5 Å². The smallest absolute Gasteiger partial charge is 0.252 e. The summed E-state index contributed by atoms with van der Waals surface area (Å²) < 4.78 is 0. The summed E-state index contributed by atoms with van der Waals surface area (Å²) >= 11 is 1.42. The second kappa shape index (κ2) is 8.74. The number of rotatable bonds is 6. The first-order valence-electron chi connectivity index (χ1n) is 10.6. The van der Waals surface area contributed by atoms with Crippen LogP contribution in [-0.2, 0) is 4.79 Å². The van der Waals surface area contributed by atoms with Crippen LogP contribution in [0.1, 0.15) is 55.8 Å². The molecule has 154 valence electrons. The maximum absolute atomic E-state index is 12.7. The lowest BCUT2D eigenvalue weighted by atomic mass is 9.87. The lowest BCUT2D eigenvalue weighted by molar-refractivity contribution is -0.129. The van der Waals surface area contributed by atoms with E-state index in [2.05, 4.69) is 17.2 Å². The summed E-state index contributed by atoms with van der Waals surface area (Å²) in [5.74, 6) is 1.20. The van der Waals surface area contributed by atoms with Crippen LogP contribution in [-0.4, -0.2) is 46.6 Å². The van der Waals surface area contributed by atoms with Gasteiger partial charge in [-0.25, -0.2) is 4.98 Å². The predicted octanol–water partition coefficient (Wildman–Crippen LogP) is 4.26. The quantitative estimate of drug-likeness (QED) is 0.722. The van der Waals surface area contributed by atoms with Crippen LogP contribution in [0.2, 0.25) is 0 Å². The van der Waals surface area contributed by atoms with Gasteiger partial charge in [0.15, 0.2) is 0 Å². The number of nitrogens with zero attached hydrogens (tertiary/aromatic N) is 2. The molecule has 5 nitrogen and oxygen atoms in total.